The van der Waals surface area contributed by atoms with Crippen molar-refractivity contribution >= 4 is 10.9 Å². The lowest BCUT2D eigenvalue weighted by atomic mass is 10.1. The topological polar surface area (TPSA) is 61.8 Å². The highest BCUT2D eigenvalue weighted by atomic mass is 15.3. The maximum atomic E-state index is 4.23. The van der Waals surface area contributed by atoms with E-state index < -0.39 is 0 Å². The molecule has 6 nitrogen and oxygen atoms in total. The van der Waals surface area contributed by atoms with Crippen LogP contribution in [0.5, 0.6) is 0 Å². The fourth-order valence-corrected chi connectivity index (χ4v) is 4.86. The number of aromatic amines is 1. The molecule has 166 valence electrons. The molecular formula is C26H32N6. The van der Waals surface area contributed by atoms with E-state index >= 15 is 0 Å². The number of hydrogen-bond donors (Lipinski definition) is 2. The van der Waals surface area contributed by atoms with Gasteiger partial charge in [-0.3, -0.25) is 4.90 Å². The number of benzene rings is 2. The largest absolute Gasteiger partial charge is 0.361 e. The fraction of sp³-hybridized carbons (Fsp3) is 0.385. The summed E-state index contributed by atoms with van der Waals surface area (Å²) in [5.74, 6) is 0. The SMILES string of the molecule is c1ccc(CCNC[C@@H]2CCCN2CCc2c[nH]c3ccc(Cn4cncn4)cc23)cc1. The highest BCUT2D eigenvalue weighted by Crippen LogP contribution is 2.23. The molecule has 2 aromatic carbocycles. The van der Waals surface area contributed by atoms with Gasteiger partial charge in [-0.1, -0.05) is 36.4 Å². The Bertz CT molecular complexity index is 1100. The standard InChI is InChI=1S/C26H32N6/c1-2-5-21(6-3-1)10-12-27-17-24-7-4-13-31(24)14-11-23-16-29-26-9-8-22(15-25(23)26)18-32-20-28-19-30-32/h1-3,5-6,8-9,15-16,19-20,24,27,29H,4,7,10-14,17-18H2/t24-/m0/s1. The predicted molar refractivity (Wildman–Crippen MR) is 129 cm³/mol. The van der Waals surface area contributed by atoms with Crippen LogP contribution >= 0.6 is 0 Å². The van der Waals surface area contributed by atoms with Crippen molar-refractivity contribution < 1.29 is 0 Å². The van der Waals surface area contributed by atoms with Crippen LogP contribution < -0.4 is 5.32 Å². The maximum Gasteiger partial charge on any atom is 0.137 e. The van der Waals surface area contributed by atoms with Crippen LogP contribution in [0.25, 0.3) is 10.9 Å². The summed E-state index contributed by atoms with van der Waals surface area (Å²) in [7, 11) is 0. The first-order chi connectivity index (χ1) is 15.8. The Morgan fingerprint density at radius 3 is 2.88 bits per heavy atom. The zero-order chi connectivity index (χ0) is 21.6. The average molecular weight is 429 g/mol. The van der Waals surface area contributed by atoms with E-state index in [-0.39, 0.29) is 0 Å². The van der Waals surface area contributed by atoms with Crippen molar-refractivity contribution in [1.29, 1.82) is 0 Å². The summed E-state index contributed by atoms with van der Waals surface area (Å²) in [6.45, 7) is 5.22. The second kappa shape index (κ2) is 10.1. The molecule has 32 heavy (non-hydrogen) atoms. The van der Waals surface area contributed by atoms with E-state index in [2.05, 4.69) is 80.0 Å². The van der Waals surface area contributed by atoms with Crippen molar-refractivity contribution in [3.63, 3.8) is 0 Å². The molecule has 0 unspecified atom stereocenters. The van der Waals surface area contributed by atoms with Gasteiger partial charge in [-0.05, 0) is 67.6 Å². The molecule has 1 fully saturated rings. The van der Waals surface area contributed by atoms with Crippen LogP contribution in [0.3, 0.4) is 0 Å². The molecule has 0 saturated carbocycles. The average Bonchev–Trinajstić information content (AvgIpc) is 3.58. The summed E-state index contributed by atoms with van der Waals surface area (Å²) in [6, 6.07) is 18.0. The van der Waals surface area contributed by atoms with Crippen LogP contribution in [0.1, 0.15) is 29.5 Å². The highest BCUT2D eigenvalue weighted by molar-refractivity contribution is 5.83. The minimum Gasteiger partial charge on any atom is -0.361 e. The van der Waals surface area contributed by atoms with Crippen molar-refractivity contribution in [2.24, 2.45) is 0 Å². The second-order valence-corrected chi connectivity index (χ2v) is 8.81. The third kappa shape index (κ3) is 5.09. The third-order valence-corrected chi connectivity index (χ3v) is 6.62. The van der Waals surface area contributed by atoms with Gasteiger partial charge in [-0.15, -0.1) is 0 Å². The number of likely N-dealkylation sites (tertiary alicyclic amines) is 1. The van der Waals surface area contributed by atoms with Crippen LogP contribution in [-0.4, -0.2) is 56.9 Å². The van der Waals surface area contributed by atoms with E-state index in [1.165, 1.54) is 47.0 Å². The summed E-state index contributed by atoms with van der Waals surface area (Å²) >= 11 is 0. The number of hydrogen-bond acceptors (Lipinski definition) is 4. The lowest BCUT2D eigenvalue weighted by molar-refractivity contribution is 0.251. The van der Waals surface area contributed by atoms with E-state index in [0.717, 1.165) is 39.0 Å². The maximum absolute atomic E-state index is 4.23. The Kier molecular flexibility index (Phi) is 6.61. The number of nitrogens with one attached hydrogen (secondary N) is 2. The lowest BCUT2D eigenvalue weighted by Crippen LogP contribution is -2.39. The molecule has 6 heteroatoms. The normalized spacial score (nSPS) is 16.8. The molecule has 0 amide bonds. The van der Waals surface area contributed by atoms with E-state index in [4.69, 9.17) is 0 Å². The molecule has 5 rings (SSSR count). The molecule has 2 aromatic heterocycles. The second-order valence-electron chi connectivity index (χ2n) is 8.81. The molecule has 1 aliphatic rings. The summed E-state index contributed by atoms with van der Waals surface area (Å²) in [4.78, 5) is 10.2. The number of rotatable bonds is 10. The molecular weight excluding hydrogens is 396 g/mol. The van der Waals surface area contributed by atoms with Gasteiger partial charge in [0.25, 0.3) is 0 Å². The smallest absolute Gasteiger partial charge is 0.137 e. The van der Waals surface area contributed by atoms with Gasteiger partial charge in [0, 0.05) is 36.2 Å². The van der Waals surface area contributed by atoms with Crippen molar-refractivity contribution in [3.8, 4) is 0 Å². The summed E-state index contributed by atoms with van der Waals surface area (Å²) in [5, 5.41) is 9.26. The molecule has 0 aliphatic carbocycles. The summed E-state index contributed by atoms with van der Waals surface area (Å²) in [5.41, 5.74) is 5.28. The molecule has 1 atom stereocenters. The van der Waals surface area contributed by atoms with Crippen LogP contribution in [-0.2, 0) is 19.4 Å². The quantitative estimate of drug-likeness (QED) is 0.379. The first-order valence-corrected chi connectivity index (χ1v) is 11.8. The van der Waals surface area contributed by atoms with Crippen molar-refractivity contribution in [1.82, 2.24) is 30.0 Å². The minimum atomic E-state index is 0.652. The lowest BCUT2D eigenvalue weighted by Gasteiger charge is -2.24. The monoisotopic (exact) mass is 428 g/mol. The van der Waals surface area contributed by atoms with Gasteiger partial charge in [0.15, 0.2) is 0 Å². The van der Waals surface area contributed by atoms with E-state index in [9.17, 15) is 0 Å². The van der Waals surface area contributed by atoms with Crippen LogP contribution in [0.15, 0.2) is 67.4 Å². The summed E-state index contributed by atoms with van der Waals surface area (Å²) < 4.78 is 1.87. The fourth-order valence-electron chi connectivity index (χ4n) is 4.86. The van der Waals surface area contributed by atoms with E-state index in [1.54, 1.807) is 12.7 Å². The Hall–Kier alpha value is -2.96. The molecule has 3 heterocycles. The first-order valence-electron chi connectivity index (χ1n) is 11.8. The van der Waals surface area contributed by atoms with Crippen LogP contribution in [0.2, 0.25) is 0 Å². The number of fused-ring (bicyclic) bond motifs is 1. The van der Waals surface area contributed by atoms with Crippen molar-refractivity contribution in [3.05, 3.63) is 84.1 Å². The predicted octanol–water partition coefficient (Wildman–Crippen LogP) is 3.65. The Labute approximate surface area is 189 Å². The highest BCUT2D eigenvalue weighted by Gasteiger charge is 2.23. The minimum absolute atomic E-state index is 0.652. The Morgan fingerprint density at radius 1 is 1.06 bits per heavy atom. The van der Waals surface area contributed by atoms with Gasteiger partial charge in [0.1, 0.15) is 12.7 Å². The molecule has 0 spiro atoms. The zero-order valence-corrected chi connectivity index (χ0v) is 18.6. The zero-order valence-electron chi connectivity index (χ0n) is 18.6. The molecule has 0 radical (unpaired) electrons. The van der Waals surface area contributed by atoms with Crippen LogP contribution in [0, 0.1) is 0 Å². The molecule has 2 N–H and O–H groups in total. The number of H-pyrrole nitrogens is 1. The molecule has 4 aromatic rings. The Morgan fingerprint density at radius 2 is 2.00 bits per heavy atom. The first kappa shape index (κ1) is 20.9. The number of nitrogens with zero attached hydrogens (tertiary/aromatic N) is 4. The van der Waals surface area contributed by atoms with Crippen molar-refractivity contribution in [2.45, 2.75) is 38.3 Å². The Balaban J connectivity index is 1.14. The van der Waals surface area contributed by atoms with E-state index in [1.807, 2.05) is 4.68 Å². The molecule has 1 saturated heterocycles. The summed E-state index contributed by atoms with van der Waals surface area (Å²) in [6.07, 6.45) is 10.3. The van der Waals surface area contributed by atoms with Gasteiger partial charge in [0.2, 0.25) is 0 Å². The van der Waals surface area contributed by atoms with Gasteiger partial charge in [0.05, 0.1) is 6.54 Å². The van der Waals surface area contributed by atoms with E-state index in [0.29, 0.717) is 6.04 Å². The molecule has 0 bridgehead atoms. The van der Waals surface area contributed by atoms with Gasteiger partial charge in [-0.25, -0.2) is 9.67 Å². The van der Waals surface area contributed by atoms with Gasteiger partial charge in [-0.2, -0.15) is 5.10 Å². The third-order valence-electron chi connectivity index (χ3n) is 6.62. The van der Waals surface area contributed by atoms with Gasteiger partial charge < -0.3 is 10.3 Å². The van der Waals surface area contributed by atoms with Gasteiger partial charge >= 0.3 is 0 Å². The number of aromatic nitrogens is 4. The van der Waals surface area contributed by atoms with Crippen LogP contribution in [0.4, 0.5) is 0 Å². The van der Waals surface area contributed by atoms with Crippen molar-refractivity contribution in [2.75, 3.05) is 26.2 Å². The molecule has 1 aliphatic heterocycles.